The predicted molar refractivity (Wildman–Crippen MR) is 72.4 cm³/mol. The molecule has 3 rings (SSSR count). The zero-order chi connectivity index (χ0) is 13.4. The van der Waals surface area contributed by atoms with Crippen LogP contribution in [0.4, 0.5) is 5.82 Å². The van der Waals surface area contributed by atoms with E-state index >= 15 is 0 Å². The Morgan fingerprint density at radius 1 is 1.53 bits per heavy atom. The van der Waals surface area contributed by atoms with E-state index in [1.165, 1.54) is 0 Å². The Labute approximate surface area is 111 Å². The zero-order valence-corrected chi connectivity index (χ0v) is 10.8. The normalized spacial score (nSPS) is 17.8. The Hall–Kier alpha value is -2.28. The molecule has 2 heterocycles. The molecule has 0 saturated carbocycles. The van der Waals surface area contributed by atoms with Crippen molar-refractivity contribution < 1.29 is 4.42 Å². The van der Waals surface area contributed by atoms with E-state index < -0.39 is 0 Å². The molecule has 19 heavy (non-hydrogen) atoms. The van der Waals surface area contributed by atoms with Crippen molar-refractivity contribution in [3.63, 3.8) is 0 Å². The highest BCUT2D eigenvalue weighted by molar-refractivity contribution is 5.76. The third kappa shape index (κ3) is 1.78. The highest BCUT2D eigenvalue weighted by Crippen LogP contribution is 2.39. The number of nitrogens with zero attached hydrogens (tertiary/aromatic N) is 2. The number of furan rings is 1. The largest absolute Gasteiger partial charge is 0.464 e. The Bertz CT molecular complexity index is 653. The van der Waals surface area contributed by atoms with Crippen molar-refractivity contribution in [2.75, 3.05) is 5.73 Å². The Balaban J connectivity index is 2.34. The molecular weight excluding hydrogens is 238 g/mol. The number of hydrogen-bond acceptors (Lipinski definition) is 4. The molecule has 0 aromatic carbocycles. The molecule has 0 fully saturated rings. The first kappa shape index (κ1) is 11.8. The first-order valence-corrected chi connectivity index (χ1v) is 6.48. The summed E-state index contributed by atoms with van der Waals surface area (Å²) in [6, 6.07) is 5.86. The van der Waals surface area contributed by atoms with Gasteiger partial charge in [-0.3, -0.25) is 0 Å². The van der Waals surface area contributed by atoms with E-state index in [1.54, 1.807) is 6.26 Å². The van der Waals surface area contributed by atoms with Gasteiger partial charge in [-0.05, 0) is 42.9 Å². The zero-order valence-electron chi connectivity index (χ0n) is 10.8. The minimum Gasteiger partial charge on any atom is -0.464 e. The van der Waals surface area contributed by atoms with Crippen LogP contribution in [0.2, 0.25) is 0 Å². The Morgan fingerprint density at radius 3 is 3.05 bits per heavy atom. The van der Waals surface area contributed by atoms with E-state index in [-0.39, 0.29) is 0 Å². The van der Waals surface area contributed by atoms with Gasteiger partial charge >= 0.3 is 0 Å². The van der Waals surface area contributed by atoms with Gasteiger partial charge in [0.1, 0.15) is 23.2 Å². The molecule has 0 unspecified atom stereocenters. The lowest BCUT2D eigenvalue weighted by Gasteiger charge is -2.24. The third-order valence-electron chi connectivity index (χ3n) is 3.77. The number of fused-ring (bicyclic) bond motifs is 1. The molecule has 96 valence electrons. The van der Waals surface area contributed by atoms with Gasteiger partial charge in [0.25, 0.3) is 0 Å². The fourth-order valence-corrected chi connectivity index (χ4v) is 2.85. The fraction of sp³-hybridized carbons (Fsp3) is 0.333. The Kier molecular flexibility index (Phi) is 2.75. The summed E-state index contributed by atoms with van der Waals surface area (Å²) < 4.78 is 5.48. The molecular formula is C15H15N3O. The molecule has 4 nitrogen and oxygen atoms in total. The number of rotatable bonds is 1. The second kappa shape index (κ2) is 4.43. The number of nitrogens with two attached hydrogens (primary N) is 1. The molecule has 2 aromatic rings. The van der Waals surface area contributed by atoms with Crippen LogP contribution in [0.25, 0.3) is 11.3 Å². The molecule has 0 radical (unpaired) electrons. The number of nitriles is 1. The number of anilines is 1. The van der Waals surface area contributed by atoms with Crippen molar-refractivity contribution in [2.24, 2.45) is 0 Å². The lowest BCUT2D eigenvalue weighted by atomic mass is 9.83. The highest BCUT2D eigenvalue weighted by Gasteiger charge is 2.26. The summed E-state index contributed by atoms with van der Waals surface area (Å²) in [7, 11) is 0. The van der Waals surface area contributed by atoms with E-state index in [1.807, 2.05) is 12.1 Å². The molecule has 2 aromatic heterocycles. The van der Waals surface area contributed by atoms with Crippen LogP contribution in [-0.4, -0.2) is 4.98 Å². The number of hydrogen-bond donors (Lipinski definition) is 1. The van der Waals surface area contributed by atoms with Crippen molar-refractivity contribution in [1.29, 1.82) is 5.26 Å². The molecule has 0 aliphatic heterocycles. The average molecular weight is 253 g/mol. The summed E-state index contributed by atoms with van der Waals surface area (Å²) in [5.74, 6) is 1.39. The second-order valence-corrected chi connectivity index (χ2v) is 4.99. The molecule has 1 atom stereocenters. The smallest absolute Gasteiger partial charge is 0.142 e. The standard InChI is InChI=1S/C15H15N3O/c1-9-4-2-5-10-13(12-6-3-7-19-12)11(8-16)15(17)18-14(9)10/h3,6-7,9H,2,4-5H2,1H3,(H2,17,18)/t9-/m1/s1. The van der Waals surface area contributed by atoms with Crippen molar-refractivity contribution >= 4 is 5.82 Å². The van der Waals surface area contributed by atoms with Gasteiger partial charge in [0, 0.05) is 11.3 Å². The predicted octanol–water partition coefficient (Wildman–Crippen LogP) is 3.24. The van der Waals surface area contributed by atoms with Gasteiger partial charge in [0.2, 0.25) is 0 Å². The van der Waals surface area contributed by atoms with Crippen LogP contribution in [0.3, 0.4) is 0 Å². The Morgan fingerprint density at radius 2 is 2.37 bits per heavy atom. The van der Waals surface area contributed by atoms with Crippen LogP contribution in [0.1, 0.15) is 42.5 Å². The molecule has 1 aliphatic carbocycles. The third-order valence-corrected chi connectivity index (χ3v) is 3.77. The van der Waals surface area contributed by atoms with Gasteiger partial charge in [0.15, 0.2) is 0 Å². The van der Waals surface area contributed by atoms with Crippen LogP contribution in [0.5, 0.6) is 0 Å². The summed E-state index contributed by atoms with van der Waals surface area (Å²) in [6.07, 6.45) is 4.77. The summed E-state index contributed by atoms with van der Waals surface area (Å²) in [5.41, 5.74) is 9.36. The summed E-state index contributed by atoms with van der Waals surface area (Å²) in [4.78, 5) is 4.45. The summed E-state index contributed by atoms with van der Waals surface area (Å²) in [5, 5.41) is 9.35. The molecule has 0 spiro atoms. The van der Waals surface area contributed by atoms with E-state index in [0.717, 1.165) is 36.1 Å². The maximum atomic E-state index is 9.35. The number of nitrogen functional groups attached to an aromatic ring is 1. The topological polar surface area (TPSA) is 75.8 Å². The SMILES string of the molecule is C[C@@H]1CCCc2c1nc(N)c(C#N)c2-c1ccco1. The van der Waals surface area contributed by atoms with Gasteiger partial charge in [-0.25, -0.2) is 4.98 Å². The summed E-state index contributed by atoms with van der Waals surface area (Å²) >= 11 is 0. The van der Waals surface area contributed by atoms with E-state index in [2.05, 4.69) is 18.0 Å². The van der Waals surface area contributed by atoms with Crippen LogP contribution in [0.15, 0.2) is 22.8 Å². The molecule has 4 heteroatoms. The first-order chi connectivity index (χ1) is 9.22. The monoisotopic (exact) mass is 253 g/mol. The van der Waals surface area contributed by atoms with Crippen LogP contribution < -0.4 is 5.73 Å². The van der Waals surface area contributed by atoms with Crippen LogP contribution in [-0.2, 0) is 6.42 Å². The van der Waals surface area contributed by atoms with Crippen molar-refractivity contribution in [1.82, 2.24) is 4.98 Å². The minimum absolute atomic E-state index is 0.307. The maximum absolute atomic E-state index is 9.35. The lowest BCUT2D eigenvalue weighted by molar-refractivity contribution is 0.563. The van der Waals surface area contributed by atoms with Gasteiger partial charge in [-0.15, -0.1) is 0 Å². The van der Waals surface area contributed by atoms with Gasteiger partial charge in [-0.1, -0.05) is 6.92 Å². The van der Waals surface area contributed by atoms with E-state index in [4.69, 9.17) is 10.2 Å². The van der Waals surface area contributed by atoms with Crippen molar-refractivity contribution in [3.8, 4) is 17.4 Å². The minimum atomic E-state index is 0.307. The molecule has 0 saturated heterocycles. The van der Waals surface area contributed by atoms with Gasteiger partial charge < -0.3 is 10.2 Å². The number of pyridine rings is 1. The van der Waals surface area contributed by atoms with Crippen molar-refractivity contribution in [3.05, 3.63) is 35.2 Å². The maximum Gasteiger partial charge on any atom is 0.142 e. The quantitative estimate of drug-likeness (QED) is 0.846. The number of aromatic nitrogens is 1. The highest BCUT2D eigenvalue weighted by atomic mass is 16.3. The summed E-state index contributed by atoms with van der Waals surface area (Å²) in [6.45, 7) is 2.16. The fourth-order valence-electron chi connectivity index (χ4n) is 2.85. The van der Waals surface area contributed by atoms with Gasteiger partial charge in [-0.2, -0.15) is 5.26 Å². The molecule has 0 amide bonds. The van der Waals surface area contributed by atoms with Crippen LogP contribution >= 0.6 is 0 Å². The lowest BCUT2D eigenvalue weighted by Crippen LogP contribution is -2.14. The molecule has 0 bridgehead atoms. The average Bonchev–Trinajstić information content (AvgIpc) is 2.92. The van der Waals surface area contributed by atoms with Gasteiger partial charge in [0.05, 0.1) is 6.26 Å². The molecule has 1 aliphatic rings. The van der Waals surface area contributed by atoms with Crippen LogP contribution in [0, 0.1) is 11.3 Å². The van der Waals surface area contributed by atoms with Crippen molar-refractivity contribution in [2.45, 2.75) is 32.1 Å². The van der Waals surface area contributed by atoms with E-state index in [0.29, 0.717) is 23.1 Å². The first-order valence-electron chi connectivity index (χ1n) is 6.48. The van der Waals surface area contributed by atoms with E-state index in [9.17, 15) is 5.26 Å². The molecule has 2 N–H and O–H groups in total. The second-order valence-electron chi connectivity index (χ2n) is 4.99.